The van der Waals surface area contributed by atoms with Crippen LogP contribution in [0, 0.1) is 0 Å². The molecule has 0 aromatic rings. The maximum Gasteiger partial charge on any atom is 0.320 e. The van der Waals surface area contributed by atoms with E-state index in [1.165, 1.54) is 0 Å². The summed E-state index contributed by atoms with van der Waals surface area (Å²) in [7, 11) is 0. The summed E-state index contributed by atoms with van der Waals surface area (Å²) in [5.74, 6) is -0.712. The molecule has 1 N–H and O–H groups in total. The molecule has 1 fully saturated rings. The third-order valence-corrected chi connectivity index (χ3v) is 2.08. The van der Waals surface area contributed by atoms with Crippen LogP contribution in [0.5, 0.6) is 0 Å². The molecular weight excluding hydrogens is 130 g/mol. The molecule has 3 atom stereocenters. The summed E-state index contributed by atoms with van der Waals surface area (Å²) in [6.45, 7) is 4.78. The molecule has 1 aliphatic heterocycles. The first-order valence-corrected chi connectivity index (χ1v) is 3.65. The van der Waals surface area contributed by atoms with Gasteiger partial charge in [-0.25, -0.2) is 0 Å². The largest absolute Gasteiger partial charge is 0.480 e. The molecule has 1 rings (SSSR count). The predicted molar refractivity (Wildman–Crippen MR) is 37.9 cm³/mol. The number of aliphatic carboxylic acids is 1. The lowest BCUT2D eigenvalue weighted by atomic mass is 10.3. The monoisotopic (exact) mass is 143 g/mol. The zero-order valence-electron chi connectivity index (χ0n) is 6.37. The molecule has 3 heteroatoms. The zero-order chi connectivity index (χ0) is 7.72. The molecule has 10 heavy (non-hydrogen) atoms. The highest BCUT2D eigenvalue weighted by Gasteiger charge is 2.38. The third kappa shape index (κ3) is 1.29. The summed E-state index contributed by atoms with van der Waals surface area (Å²) in [4.78, 5) is 12.4. The summed E-state index contributed by atoms with van der Waals surface area (Å²) < 4.78 is 0. The Kier molecular flexibility index (Phi) is 1.94. The summed E-state index contributed by atoms with van der Waals surface area (Å²) in [6, 6.07) is 0.246. The topological polar surface area (TPSA) is 40.3 Å². The van der Waals surface area contributed by atoms with Crippen LogP contribution in [0.4, 0.5) is 0 Å². The Labute approximate surface area is 60.6 Å². The molecular formula is C7H13NO2. The summed E-state index contributed by atoms with van der Waals surface area (Å²) in [6.07, 6.45) is 1.07. The molecule has 0 aliphatic carbocycles. The Morgan fingerprint density at radius 3 is 2.80 bits per heavy atom. The Morgan fingerprint density at radius 2 is 2.50 bits per heavy atom. The van der Waals surface area contributed by atoms with Crippen LogP contribution < -0.4 is 0 Å². The van der Waals surface area contributed by atoms with Crippen molar-refractivity contribution < 1.29 is 9.90 Å². The van der Waals surface area contributed by atoms with E-state index in [-0.39, 0.29) is 6.04 Å². The summed E-state index contributed by atoms with van der Waals surface area (Å²) >= 11 is 0. The molecule has 0 aromatic carbocycles. The summed E-state index contributed by atoms with van der Waals surface area (Å²) in [5, 5.41) is 8.56. The van der Waals surface area contributed by atoms with Crippen molar-refractivity contribution in [2.75, 3.05) is 6.54 Å². The number of rotatable bonds is 3. The first-order valence-electron chi connectivity index (χ1n) is 3.65. The quantitative estimate of drug-likeness (QED) is 0.586. The minimum atomic E-state index is -0.712. The minimum absolute atomic E-state index is 0.287. The van der Waals surface area contributed by atoms with Gasteiger partial charge in [-0.05, 0) is 13.3 Å². The van der Waals surface area contributed by atoms with E-state index < -0.39 is 5.97 Å². The van der Waals surface area contributed by atoms with Crippen molar-refractivity contribution in [2.45, 2.75) is 32.4 Å². The van der Waals surface area contributed by atoms with E-state index in [0.717, 1.165) is 13.0 Å². The van der Waals surface area contributed by atoms with Crippen molar-refractivity contribution in [3.8, 4) is 0 Å². The fraction of sp³-hybridized carbons (Fsp3) is 0.857. The predicted octanol–water partition coefficient (Wildman–Crippen LogP) is 0.554. The Hall–Kier alpha value is -0.570. The Balaban J connectivity index is 2.32. The molecule has 0 amide bonds. The van der Waals surface area contributed by atoms with Gasteiger partial charge in [0, 0.05) is 12.6 Å². The molecule has 1 aliphatic rings. The maximum absolute atomic E-state index is 10.4. The van der Waals surface area contributed by atoms with E-state index in [4.69, 9.17) is 5.11 Å². The normalized spacial score (nSPS) is 33.4. The second kappa shape index (κ2) is 2.58. The van der Waals surface area contributed by atoms with E-state index in [2.05, 4.69) is 6.92 Å². The smallest absolute Gasteiger partial charge is 0.320 e. The highest BCUT2D eigenvalue weighted by Crippen LogP contribution is 2.23. The lowest BCUT2D eigenvalue weighted by molar-refractivity contribution is -0.140. The first-order chi connectivity index (χ1) is 4.66. The number of hydrogen-bond donors (Lipinski definition) is 1. The Bertz CT molecular complexity index is 147. The second-order valence-corrected chi connectivity index (χ2v) is 2.77. The average Bonchev–Trinajstić information content (AvgIpc) is 2.64. The summed E-state index contributed by atoms with van der Waals surface area (Å²) in [5.41, 5.74) is 0. The van der Waals surface area contributed by atoms with Crippen LogP contribution in [0.15, 0.2) is 0 Å². The zero-order valence-corrected chi connectivity index (χ0v) is 6.37. The molecule has 1 saturated heterocycles. The first kappa shape index (κ1) is 7.54. The molecule has 3 unspecified atom stereocenters. The van der Waals surface area contributed by atoms with Crippen LogP contribution in [0.2, 0.25) is 0 Å². The highest BCUT2D eigenvalue weighted by atomic mass is 16.4. The van der Waals surface area contributed by atoms with Gasteiger partial charge in [-0.1, -0.05) is 6.92 Å². The average molecular weight is 143 g/mol. The van der Waals surface area contributed by atoms with Crippen molar-refractivity contribution in [3.05, 3.63) is 0 Å². The number of hydrogen-bond acceptors (Lipinski definition) is 2. The van der Waals surface area contributed by atoms with Crippen molar-refractivity contribution in [1.29, 1.82) is 0 Å². The SMILES string of the molecule is CCC1CN1C(C)C(=O)O. The van der Waals surface area contributed by atoms with Gasteiger partial charge in [-0.2, -0.15) is 0 Å². The van der Waals surface area contributed by atoms with Crippen LogP contribution in [0.25, 0.3) is 0 Å². The minimum Gasteiger partial charge on any atom is -0.480 e. The van der Waals surface area contributed by atoms with Gasteiger partial charge in [0.2, 0.25) is 0 Å². The fourth-order valence-electron chi connectivity index (χ4n) is 1.18. The Morgan fingerprint density at radius 1 is 1.90 bits per heavy atom. The van der Waals surface area contributed by atoms with Crippen molar-refractivity contribution in [2.24, 2.45) is 0 Å². The molecule has 58 valence electrons. The van der Waals surface area contributed by atoms with Gasteiger partial charge < -0.3 is 5.11 Å². The van der Waals surface area contributed by atoms with Gasteiger partial charge in [0.1, 0.15) is 6.04 Å². The van der Waals surface area contributed by atoms with Crippen LogP contribution in [0.1, 0.15) is 20.3 Å². The lowest BCUT2D eigenvalue weighted by Gasteiger charge is -2.06. The highest BCUT2D eigenvalue weighted by molar-refractivity contribution is 5.73. The number of carbonyl (C=O) groups is 1. The van der Waals surface area contributed by atoms with Crippen LogP contribution in [0.3, 0.4) is 0 Å². The number of nitrogens with zero attached hydrogens (tertiary/aromatic N) is 1. The van der Waals surface area contributed by atoms with Gasteiger partial charge in [0.25, 0.3) is 0 Å². The van der Waals surface area contributed by atoms with Gasteiger partial charge in [0.05, 0.1) is 0 Å². The van der Waals surface area contributed by atoms with Crippen molar-refractivity contribution >= 4 is 5.97 Å². The second-order valence-electron chi connectivity index (χ2n) is 2.77. The molecule has 1 heterocycles. The molecule has 0 saturated carbocycles. The van der Waals surface area contributed by atoms with Crippen molar-refractivity contribution in [3.63, 3.8) is 0 Å². The van der Waals surface area contributed by atoms with E-state index in [1.807, 2.05) is 4.90 Å². The van der Waals surface area contributed by atoms with Crippen LogP contribution in [-0.2, 0) is 4.79 Å². The maximum atomic E-state index is 10.4. The van der Waals surface area contributed by atoms with Crippen LogP contribution >= 0.6 is 0 Å². The fourth-order valence-corrected chi connectivity index (χ4v) is 1.18. The van der Waals surface area contributed by atoms with Crippen LogP contribution in [-0.4, -0.2) is 34.6 Å². The number of carboxylic acid groups (broad SMARTS) is 1. The number of carboxylic acids is 1. The van der Waals surface area contributed by atoms with Gasteiger partial charge in [-0.3, -0.25) is 9.69 Å². The molecule has 3 nitrogen and oxygen atoms in total. The molecule has 0 radical (unpaired) electrons. The van der Waals surface area contributed by atoms with Gasteiger partial charge in [0.15, 0.2) is 0 Å². The van der Waals surface area contributed by atoms with E-state index in [0.29, 0.717) is 6.04 Å². The third-order valence-electron chi connectivity index (χ3n) is 2.08. The van der Waals surface area contributed by atoms with E-state index >= 15 is 0 Å². The molecule has 0 aromatic heterocycles. The van der Waals surface area contributed by atoms with E-state index in [1.54, 1.807) is 6.92 Å². The lowest BCUT2D eigenvalue weighted by Crippen LogP contribution is -2.26. The van der Waals surface area contributed by atoms with E-state index in [9.17, 15) is 4.79 Å². The standard InChI is InChI=1S/C7H13NO2/c1-3-6-4-8(6)5(2)7(9)10/h5-6H,3-4H2,1-2H3,(H,9,10). The molecule has 0 spiro atoms. The molecule has 0 bridgehead atoms. The van der Waals surface area contributed by atoms with Gasteiger partial charge in [-0.15, -0.1) is 0 Å². The van der Waals surface area contributed by atoms with Crippen molar-refractivity contribution in [1.82, 2.24) is 4.90 Å². The van der Waals surface area contributed by atoms with Gasteiger partial charge >= 0.3 is 5.97 Å².